The number of rotatable bonds is 3. The standard InChI is InChI=1S/C21H21BrN4O5S/c1-11-7-17-18(25(4)21(29)20(28)24(17)3)9-15(11)23-32(30,31)19-10-16-13(8-14(19)22)5-6-26(16)12(2)27/h7-10,23H,5-6H2,1-4H3. The molecule has 0 radical (unpaired) electrons. The first-order valence-corrected chi connectivity index (χ1v) is 12.0. The maximum atomic E-state index is 13.3. The normalized spacial score (nSPS) is 13.5. The first-order chi connectivity index (χ1) is 14.9. The van der Waals surface area contributed by atoms with Crippen LogP contribution in [0, 0.1) is 6.92 Å². The van der Waals surface area contributed by atoms with Gasteiger partial charge in [0.15, 0.2) is 0 Å². The highest BCUT2D eigenvalue weighted by Gasteiger charge is 2.28. The van der Waals surface area contributed by atoms with Crippen molar-refractivity contribution in [1.29, 1.82) is 0 Å². The van der Waals surface area contributed by atoms with E-state index in [-0.39, 0.29) is 16.5 Å². The van der Waals surface area contributed by atoms with Crippen molar-refractivity contribution < 1.29 is 13.2 Å². The van der Waals surface area contributed by atoms with E-state index >= 15 is 0 Å². The molecular weight excluding hydrogens is 500 g/mol. The summed E-state index contributed by atoms with van der Waals surface area (Å²) in [5.74, 6) is -0.153. The number of aromatic nitrogens is 2. The summed E-state index contributed by atoms with van der Waals surface area (Å²) in [6, 6.07) is 6.40. The highest BCUT2D eigenvalue weighted by Crippen LogP contribution is 2.36. The molecule has 168 valence electrons. The second-order valence-corrected chi connectivity index (χ2v) is 10.3. The van der Waals surface area contributed by atoms with Crippen molar-refractivity contribution in [3.8, 4) is 0 Å². The number of sulfonamides is 1. The van der Waals surface area contributed by atoms with Crippen molar-refractivity contribution in [2.75, 3.05) is 16.2 Å². The van der Waals surface area contributed by atoms with Gasteiger partial charge in [0.05, 0.1) is 16.7 Å². The predicted octanol–water partition coefficient (Wildman–Crippen LogP) is 2.02. The van der Waals surface area contributed by atoms with Crippen LogP contribution in [0.4, 0.5) is 11.4 Å². The minimum atomic E-state index is -4.04. The maximum absolute atomic E-state index is 13.3. The van der Waals surface area contributed by atoms with Crippen LogP contribution in [0.25, 0.3) is 11.0 Å². The number of nitrogens with zero attached hydrogens (tertiary/aromatic N) is 3. The summed E-state index contributed by atoms with van der Waals surface area (Å²) in [5, 5.41) is 0. The smallest absolute Gasteiger partial charge is 0.312 e. The molecule has 32 heavy (non-hydrogen) atoms. The lowest BCUT2D eigenvalue weighted by molar-refractivity contribution is -0.116. The fraction of sp³-hybridized carbons (Fsp3) is 0.286. The average Bonchev–Trinajstić information content (AvgIpc) is 3.14. The predicted molar refractivity (Wildman–Crippen MR) is 126 cm³/mol. The summed E-state index contributed by atoms with van der Waals surface area (Å²) in [5.41, 5.74) is 1.88. The van der Waals surface area contributed by atoms with E-state index < -0.39 is 21.1 Å². The van der Waals surface area contributed by atoms with E-state index in [0.29, 0.717) is 39.7 Å². The van der Waals surface area contributed by atoms with Crippen molar-refractivity contribution in [3.63, 3.8) is 0 Å². The van der Waals surface area contributed by atoms with Crippen LogP contribution in [0.3, 0.4) is 0 Å². The number of nitrogens with one attached hydrogen (secondary N) is 1. The summed E-state index contributed by atoms with van der Waals surface area (Å²) in [6.07, 6.45) is 0.651. The zero-order valence-corrected chi connectivity index (χ0v) is 20.3. The molecular formula is C21H21BrN4O5S. The lowest BCUT2D eigenvalue weighted by Crippen LogP contribution is -2.39. The number of anilines is 2. The van der Waals surface area contributed by atoms with Crippen molar-refractivity contribution in [2.24, 2.45) is 14.1 Å². The largest absolute Gasteiger partial charge is 0.316 e. The van der Waals surface area contributed by atoms with Crippen molar-refractivity contribution in [1.82, 2.24) is 9.13 Å². The molecule has 0 saturated heterocycles. The second-order valence-electron chi connectivity index (χ2n) is 7.82. The maximum Gasteiger partial charge on any atom is 0.316 e. The van der Waals surface area contributed by atoms with Gasteiger partial charge in [-0.05, 0) is 64.7 Å². The fourth-order valence-electron chi connectivity index (χ4n) is 3.96. The van der Waals surface area contributed by atoms with E-state index in [9.17, 15) is 22.8 Å². The third kappa shape index (κ3) is 3.45. The van der Waals surface area contributed by atoms with E-state index in [0.717, 1.165) is 5.56 Å². The molecule has 0 bridgehead atoms. The molecule has 0 spiro atoms. The zero-order chi connectivity index (χ0) is 23.5. The lowest BCUT2D eigenvalue weighted by atomic mass is 10.1. The number of hydrogen-bond acceptors (Lipinski definition) is 5. The Balaban J connectivity index is 1.84. The molecule has 0 aliphatic carbocycles. The Kier molecular flexibility index (Phi) is 5.29. The van der Waals surface area contributed by atoms with Crippen LogP contribution in [-0.2, 0) is 35.3 Å². The van der Waals surface area contributed by atoms with Gasteiger partial charge in [0, 0.05) is 37.7 Å². The molecule has 9 nitrogen and oxygen atoms in total. The molecule has 0 unspecified atom stereocenters. The van der Waals surface area contributed by atoms with Gasteiger partial charge in [-0.1, -0.05) is 0 Å². The van der Waals surface area contributed by atoms with E-state index in [4.69, 9.17) is 0 Å². The Labute approximate surface area is 192 Å². The molecule has 4 rings (SSSR count). The van der Waals surface area contributed by atoms with Crippen LogP contribution >= 0.6 is 15.9 Å². The summed E-state index contributed by atoms with van der Waals surface area (Å²) in [6.45, 7) is 3.66. The summed E-state index contributed by atoms with van der Waals surface area (Å²) in [7, 11) is -1.07. The summed E-state index contributed by atoms with van der Waals surface area (Å²) < 4.78 is 32.0. The molecule has 0 atom stereocenters. The summed E-state index contributed by atoms with van der Waals surface area (Å²) >= 11 is 3.35. The fourth-order valence-corrected chi connectivity index (χ4v) is 6.19. The molecule has 1 amide bonds. The van der Waals surface area contributed by atoms with Crippen molar-refractivity contribution in [2.45, 2.75) is 25.2 Å². The van der Waals surface area contributed by atoms with Crippen LogP contribution in [0.15, 0.2) is 43.2 Å². The third-order valence-corrected chi connectivity index (χ3v) is 8.10. The minimum Gasteiger partial charge on any atom is -0.312 e. The third-order valence-electron chi connectivity index (χ3n) is 5.78. The molecule has 1 aromatic heterocycles. The Hall–Kier alpha value is -2.92. The SMILES string of the molecule is CC(=O)N1CCc2cc(Br)c(S(=O)(=O)Nc3cc4c(cc3C)n(C)c(=O)c(=O)n4C)cc21. The van der Waals surface area contributed by atoms with Gasteiger partial charge in [-0.3, -0.25) is 19.1 Å². The van der Waals surface area contributed by atoms with Crippen LogP contribution < -0.4 is 20.7 Å². The van der Waals surface area contributed by atoms with E-state index in [2.05, 4.69) is 20.7 Å². The first kappa shape index (κ1) is 22.3. The van der Waals surface area contributed by atoms with Crippen LogP contribution in [0.5, 0.6) is 0 Å². The van der Waals surface area contributed by atoms with Gasteiger partial charge in [-0.25, -0.2) is 8.42 Å². The monoisotopic (exact) mass is 520 g/mol. The Bertz CT molecular complexity index is 1540. The van der Waals surface area contributed by atoms with Gasteiger partial charge in [0.2, 0.25) is 5.91 Å². The quantitative estimate of drug-likeness (QED) is 0.531. The number of halogens is 1. The molecule has 3 aromatic rings. The van der Waals surface area contributed by atoms with Gasteiger partial charge in [0.1, 0.15) is 4.90 Å². The molecule has 1 aliphatic rings. The van der Waals surface area contributed by atoms with E-state index in [1.54, 1.807) is 24.0 Å². The van der Waals surface area contributed by atoms with E-state index in [1.807, 2.05) is 0 Å². The van der Waals surface area contributed by atoms with Crippen LogP contribution in [0.2, 0.25) is 0 Å². The minimum absolute atomic E-state index is 0.00162. The number of hydrogen-bond donors (Lipinski definition) is 1. The van der Waals surface area contributed by atoms with Gasteiger partial charge in [-0.2, -0.15) is 0 Å². The Morgan fingerprint density at radius 2 is 1.62 bits per heavy atom. The Morgan fingerprint density at radius 1 is 1.03 bits per heavy atom. The number of carbonyl (C=O) groups excluding carboxylic acids is 1. The molecule has 0 saturated carbocycles. The van der Waals surface area contributed by atoms with Gasteiger partial charge in [0.25, 0.3) is 10.0 Å². The average molecular weight is 521 g/mol. The zero-order valence-electron chi connectivity index (χ0n) is 17.9. The molecule has 2 heterocycles. The van der Waals surface area contributed by atoms with Gasteiger partial charge >= 0.3 is 11.1 Å². The number of carbonyl (C=O) groups is 1. The molecule has 1 N–H and O–H groups in total. The number of fused-ring (bicyclic) bond motifs is 2. The lowest BCUT2D eigenvalue weighted by Gasteiger charge is -2.18. The Morgan fingerprint density at radius 3 is 2.22 bits per heavy atom. The summed E-state index contributed by atoms with van der Waals surface area (Å²) in [4.78, 5) is 37.8. The molecule has 0 fully saturated rings. The van der Waals surface area contributed by atoms with Crippen LogP contribution in [0.1, 0.15) is 18.1 Å². The second kappa shape index (κ2) is 7.59. The topological polar surface area (TPSA) is 110 Å². The molecule has 2 aromatic carbocycles. The van der Waals surface area contributed by atoms with Crippen molar-refractivity contribution in [3.05, 3.63) is 60.6 Å². The molecule has 11 heteroatoms. The highest BCUT2D eigenvalue weighted by atomic mass is 79.9. The number of benzene rings is 2. The number of aryl methyl sites for hydroxylation is 3. The van der Waals surface area contributed by atoms with Gasteiger partial charge < -0.3 is 14.0 Å². The van der Waals surface area contributed by atoms with E-state index in [1.165, 1.54) is 42.3 Å². The van der Waals surface area contributed by atoms with Crippen molar-refractivity contribution >= 4 is 54.3 Å². The number of amides is 1. The molecule has 1 aliphatic heterocycles. The highest BCUT2D eigenvalue weighted by molar-refractivity contribution is 9.10. The first-order valence-electron chi connectivity index (χ1n) is 9.76. The van der Waals surface area contributed by atoms with Crippen LogP contribution in [-0.4, -0.2) is 30.0 Å². The van der Waals surface area contributed by atoms with Gasteiger partial charge in [-0.15, -0.1) is 0 Å².